The Morgan fingerprint density at radius 3 is 2.43 bits per heavy atom. The second kappa shape index (κ2) is 9.24. The van der Waals surface area contributed by atoms with Crippen LogP contribution in [-0.2, 0) is 6.42 Å². The third-order valence-corrected chi connectivity index (χ3v) is 4.75. The highest BCUT2D eigenvalue weighted by Gasteiger charge is 2.20. The van der Waals surface area contributed by atoms with Crippen LogP contribution >= 0.6 is 12.2 Å². The summed E-state index contributed by atoms with van der Waals surface area (Å²) in [5.74, 6) is 1.67. The fraction of sp³-hybridized carbons (Fsp3) is 0.632. The maximum Gasteiger partial charge on any atom is 0.170 e. The van der Waals surface area contributed by atoms with E-state index in [1.165, 1.54) is 25.1 Å². The van der Waals surface area contributed by atoms with E-state index in [1.807, 2.05) is 0 Å². The number of thiocarbonyl (C=S) groups is 1. The molecule has 4 heteroatoms. The summed E-state index contributed by atoms with van der Waals surface area (Å²) in [4.78, 5) is 2.60. The maximum atomic E-state index is 5.37. The van der Waals surface area contributed by atoms with Gasteiger partial charge in [0.1, 0.15) is 0 Å². The van der Waals surface area contributed by atoms with Gasteiger partial charge in [0.2, 0.25) is 0 Å². The van der Waals surface area contributed by atoms with E-state index in [0.29, 0.717) is 0 Å². The number of benzene rings is 1. The van der Waals surface area contributed by atoms with E-state index in [0.717, 1.165) is 48.6 Å². The quantitative estimate of drug-likeness (QED) is 0.610. The molecular weight excluding hydrogens is 302 g/mol. The monoisotopic (exact) mass is 333 g/mol. The van der Waals surface area contributed by atoms with Crippen molar-refractivity contribution < 1.29 is 0 Å². The minimum Gasteiger partial charge on any atom is -0.362 e. The zero-order chi connectivity index (χ0) is 16.7. The van der Waals surface area contributed by atoms with Crippen molar-refractivity contribution >= 4 is 23.0 Å². The number of aryl methyl sites for hydroxylation is 1. The molecule has 2 unspecified atom stereocenters. The van der Waals surface area contributed by atoms with Crippen molar-refractivity contribution in [2.75, 3.05) is 31.5 Å². The fourth-order valence-corrected chi connectivity index (χ4v) is 3.70. The molecule has 2 atom stereocenters. The Morgan fingerprint density at radius 2 is 1.83 bits per heavy atom. The molecule has 1 aromatic rings. The molecule has 1 saturated heterocycles. The predicted molar refractivity (Wildman–Crippen MR) is 104 cm³/mol. The van der Waals surface area contributed by atoms with Crippen LogP contribution in [0.2, 0.25) is 0 Å². The number of nitrogens with one attached hydrogen (secondary N) is 2. The molecule has 1 fully saturated rings. The number of hydrogen-bond acceptors (Lipinski definition) is 2. The van der Waals surface area contributed by atoms with E-state index in [9.17, 15) is 0 Å². The third kappa shape index (κ3) is 6.48. The lowest BCUT2D eigenvalue weighted by Gasteiger charge is -2.34. The Balaban J connectivity index is 1.62. The Morgan fingerprint density at radius 1 is 1.17 bits per heavy atom. The average molecular weight is 334 g/mol. The molecular formula is C19H31N3S. The zero-order valence-electron chi connectivity index (χ0n) is 14.8. The standard InChI is InChI=1S/C19H31N3S/c1-4-17-6-8-18(9-7-17)21-19(23)20-10-5-11-22-13-15(2)12-16(3)14-22/h6-9,15-16H,4-5,10-14H2,1-3H3,(H2,20,21,23). The molecule has 0 amide bonds. The van der Waals surface area contributed by atoms with Crippen LogP contribution in [0.4, 0.5) is 5.69 Å². The Bertz CT molecular complexity index is 476. The van der Waals surface area contributed by atoms with E-state index in [2.05, 4.69) is 60.6 Å². The van der Waals surface area contributed by atoms with Gasteiger partial charge in [-0.25, -0.2) is 0 Å². The first-order chi connectivity index (χ1) is 11.1. The molecule has 0 saturated carbocycles. The molecule has 2 rings (SSSR count). The molecule has 3 nitrogen and oxygen atoms in total. The van der Waals surface area contributed by atoms with Crippen LogP contribution in [0, 0.1) is 11.8 Å². The lowest BCUT2D eigenvalue weighted by Crippen LogP contribution is -2.40. The van der Waals surface area contributed by atoms with Crippen LogP contribution in [0.3, 0.4) is 0 Å². The second-order valence-electron chi connectivity index (χ2n) is 6.99. The summed E-state index contributed by atoms with van der Waals surface area (Å²) in [7, 11) is 0. The Labute approximate surface area is 146 Å². The van der Waals surface area contributed by atoms with Crippen LogP contribution in [-0.4, -0.2) is 36.2 Å². The highest BCUT2D eigenvalue weighted by molar-refractivity contribution is 7.80. The zero-order valence-corrected chi connectivity index (χ0v) is 15.6. The van der Waals surface area contributed by atoms with Crippen LogP contribution in [0.1, 0.15) is 39.2 Å². The minimum absolute atomic E-state index is 0.717. The highest BCUT2D eigenvalue weighted by Crippen LogP contribution is 2.20. The molecule has 0 spiro atoms. The SMILES string of the molecule is CCc1ccc(NC(=S)NCCCN2CC(C)CC(C)C2)cc1. The number of nitrogens with zero attached hydrogens (tertiary/aromatic N) is 1. The summed E-state index contributed by atoms with van der Waals surface area (Å²) in [6.45, 7) is 11.5. The van der Waals surface area contributed by atoms with Gasteiger partial charge in [0.25, 0.3) is 0 Å². The topological polar surface area (TPSA) is 27.3 Å². The van der Waals surface area contributed by atoms with E-state index in [4.69, 9.17) is 12.2 Å². The van der Waals surface area contributed by atoms with Gasteiger partial charge in [0.05, 0.1) is 0 Å². The maximum absolute atomic E-state index is 5.37. The third-order valence-electron chi connectivity index (χ3n) is 4.50. The van der Waals surface area contributed by atoms with Crippen molar-refractivity contribution in [1.29, 1.82) is 0 Å². The molecule has 0 aliphatic carbocycles. The van der Waals surface area contributed by atoms with Gasteiger partial charge in [-0.15, -0.1) is 0 Å². The molecule has 1 heterocycles. The van der Waals surface area contributed by atoms with Gasteiger partial charge >= 0.3 is 0 Å². The first-order valence-electron chi connectivity index (χ1n) is 8.93. The van der Waals surface area contributed by atoms with Gasteiger partial charge in [-0.05, 0) is 67.6 Å². The smallest absolute Gasteiger partial charge is 0.170 e. The number of likely N-dealkylation sites (tertiary alicyclic amines) is 1. The van der Waals surface area contributed by atoms with Crippen molar-refractivity contribution in [2.24, 2.45) is 11.8 Å². The van der Waals surface area contributed by atoms with Crippen molar-refractivity contribution in [3.05, 3.63) is 29.8 Å². The van der Waals surface area contributed by atoms with Gasteiger partial charge in [0, 0.05) is 25.3 Å². The van der Waals surface area contributed by atoms with Crippen LogP contribution in [0.15, 0.2) is 24.3 Å². The molecule has 23 heavy (non-hydrogen) atoms. The summed E-state index contributed by atoms with van der Waals surface area (Å²) in [6.07, 6.45) is 3.58. The summed E-state index contributed by atoms with van der Waals surface area (Å²) < 4.78 is 0. The normalized spacial score (nSPS) is 21.9. The average Bonchev–Trinajstić information content (AvgIpc) is 2.51. The first kappa shape index (κ1) is 18.2. The fourth-order valence-electron chi connectivity index (χ4n) is 3.48. The largest absolute Gasteiger partial charge is 0.362 e. The van der Waals surface area contributed by atoms with E-state index in [1.54, 1.807) is 0 Å². The van der Waals surface area contributed by atoms with Crippen molar-refractivity contribution in [1.82, 2.24) is 10.2 Å². The van der Waals surface area contributed by atoms with Gasteiger partial charge in [-0.1, -0.05) is 32.9 Å². The molecule has 1 aliphatic rings. The second-order valence-corrected chi connectivity index (χ2v) is 7.40. The van der Waals surface area contributed by atoms with Gasteiger partial charge < -0.3 is 15.5 Å². The van der Waals surface area contributed by atoms with E-state index < -0.39 is 0 Å². The van der Waals surface area contributed by atoms with Crippen molar-refractivity contribution in [2.45, 2.75) is 40.0 Å². The molecule has 0 radical (unpaired) electrons. The molecule has 1 aromatic carbocycles. The molecule has 0 aromatic heterocycles. The van der Waals surface area contributed by atoms with Gasteiger partial charge in [0.15, 0.2) is 5.11 Å². The summed E-state index contributed by atoms with van der Waals surface area (Å²) in [5, 5.41) is 7.29. The van der Waals surface area contributed by atoms with Crippen molar-refractivity contribution in [3.63, 3.8) is 0 Å². The highest BCUT2D eigenvalue weighted by atomic mass is 32.1. The molecule has 128 valence electrons. The minimum atomic E-state index is 0.717. The summed E-state index contributed by atoms with van der Waals surface area (Å²) >= 11 is 5.37. The summed E-state index contributed by atoms with van der Waals surface area (Å²) in [5.41, 5.74) is 2.40. The molecule has 2 N–H and O–H groups in total. The van der Waals surface area contributed by atoms with Crippen molar-refractivity contribution in [3.8, 4) is 0 Å². The lowest BCUT2D eigenvalue weighted by molar-refractivity contribution is 0.140. The molecule has 0 bridgehead atoms. The lowest BCUT2D eigenvalue weighted by atomic mass is 9.92. The van der Waals surface area contributed by atoms with E-state index in [-0.39, 0.29) is 0 Å². The molecule has 1 aliphatic heterocycles. The van der Waals surface area contributed by atoms with Gasteiger partial charge in [-0.2, -0.15) is 0 Å². The van der Waals surface area contributed by atoms with Gasteiger partial charge in [-0.3, -0.25) is 0 Å². The van der Waals surface area contributed by atoms with Crippen LogP contribution in [0.25, 0.3) is 0 Å². The van der Waals surface area contributed by atoms with Crippen LogP contribution < -0.4 is 10.6 Å². The summed E-state index contributed by atoms with van der Waals surface area (Å²) in [6, 6.07) is 8.46. The number of piperidine rings is 1. The van der Waals surface area contributed by atoms with Crippen LogP contribution in [0.5, 0.6) is 0 Å². The van der Waals surface area contributed by atoms with E-state index >= 15 is 0 Å². The Kier molecular flexibility index (Phi) is 7.31. The number of anilines is 1. The first-order valence-corrected chi connectivity index (χ1v) is 9.33. The predicted octanol–water partition coefficient (Wildman–Crippen LogP) is 3.90. The Hall–Kier alpha value is -1.13. The number of rotatable bonds is 6. The number of hydrogen-bond donors (Lipinski definition) is 2.